The lowest BCUT2D eigenvalue weighted by atomic mass is 9.76. The predicted octanol–water partition coefficient (Wildman–Crippen LogP) is 1.59. The van der Waals surface area contributed by atoms with Gasteiger partial charge in [-0.15, -0.1) is 0 Å². The van der Waals surface area contributed by atoms with Crippen LogP contribution in [-0.2, 0) is 14.9 Å². The molecule has 0 saturated carbocycles. The first-order valence-corrected chi connectivity index (χ1v) is 6.98. The first-order chi connectivity index (χ1) is 9.14. The Morgan fingerprint density at radius 1 is 1.05 bits per heavy atom. The fourth-order valence-corrected chi connectivity index (χ4v) is 2.59. The summed E-state index contributed by atoms with van der Waals surface area (Å²) in [4.78, 5) is 0. The van der Waals surface area contributed by atoms with E-state index in [4.69, 9.17) is 14.0 Å². The minimum absolute atomic E-state index is 0.263. The Hall–Kier alpha value is -1.04. The second-order valence-electron chi connectivity index (χ2n) is 6.87. The molecule has 108 valence electrons. The average Bonchev–Trinajstić information content (AvgIpc) is 2.74. The van der Waals surface area contributed by atoms with E-state index in [0.29, 0.717) is 5.75 Å². The molecule has 1 aromatic carbocycles. The fraction of sp³-hybridized carbons (Fsp3) is 0.600. The minimum atomic E-state index is -0.949. The number of aliphatic hydroxyl groups is 1. The van der Waals surface area contributed by atoms with Crippen molar-refractivity contribution in [3.05, 3.63) is 23.8 Å². The zero-order valence-electron chi connectivity index (χ0n) is 12.7. The van der Waals surface area contributed by atoms with E-state index < -0.39 is 12.7 Å². The number of ether oxygens (including phenoxy) is 1. The molecule has 1 aromatic rings. The molecule has 1 atom stereocenters. The molecule has 1 unspecified atom stereocenters. The number of hydrogen-bond acceptors (Lipinski definition) is 4. The van der Waals surface area contributed by atoms with E-state index in [1.165, 1.54) is 0 Å². The average molecular weight is 276 g/mol. The zero-order chi connectivity index (χ0) is 14.8. The van der Waals surface area contributed by atoms with Crippen LogP contribution in [0, 0.1) is 0 Å². The Balaban J connectivity index is 2.01. The molecule has 0 amide bonds. The van der Waals surface area contributed by atoms with E-state index in [0.717, 1.165) is 11.0 Å². The van der Waals surface area contributed by atoms with E-state index in [9.17, 15) is 5.11 Å². The summed E-state index contributed by atoms with van der Waals surface area (Å²) in [6.45, 7) is 10.1. The molecule has 0 spiro atoms. The highest BCUT2D eigenvalue weighted by atomic mass is 16.7. The monoisotopic (exact) mass is 276 g/mol. The molecule has 1 saturated heterocycles. The van der Waals surface area contributed by atoms with Crippen molar-refractivity contribution >= 4 is 12.6 Å². The van der Waals surface area contributed by atoms with Gasteiger partial charge in [0, 0.05) is 11.0 Å². The van der Waals surface area contributed by atoms with Crippen molar-refractivity contribution in [2.45, 2.75) is 51.4 Å². The number of rotatable bonds is 1. The molecule has 2 aliphatic heterocycles. The molecule has 0 aliphatic carbocycles. The number of fused-ring (bicyclic) bond motifs is 1. The molecule has 20 heavy (non-hydrogen) atoms. The number of para-hydroxylation sites is 1. The standard InChI is InChI=1S/C15H21BO4/c1-13(2)14(3,4)20-16(19-13)11-8-6-7-10-12(11)18-9-15(10,5)17/h6-8,17H,9H2,1-5H3. The highest BCUT2D eigenvalue weighted by Crippen LogP contribution is 2.40. The van der Waals surface area contributed by atoms with Gasteiger partial charge in [0.25, 0.3) is 0 Å². The maximum absolute atomic E-state index is 10.3. The molecular formula is C15H21BO4. The maximum Gasteiger partial charge on any atom is 0.498 e. The Bertz CT molecular complexity index is 535. The van der Waals surface area contributed by atoms with Gasteiger partial charge in [-0.25, -0.2) is 0 Å². The molecule has 2 heterocycles. The third-order valence-electron chi connectivity index (χ3n) is 4.63. The van der Waals surface area contributed by atoms with Gasteiger partial charge in [0.15, 0.2) is 0 Å². The van der Waals surface area contributed by atoms with Crippen LogP contribution in [0.2, 0.25) is 0 Å². The van der Waals surface area contributed by atoms with Gasteiger partial charge in [-0.3, -0.25) is 0 Å². The highest BCUT2D eigenvalue weighted by molar-refractivity contribution is 6.63. The van der Waals surface area contributed by atoms with Crippen molar-refractivity contribution < 1.29 is 19.2 Å². The van der Waals surface area contributed by atoms with Crippen molar-refractivity contribution in [2.24, 2.45) is 0 Å². The van der Waals surface area contributed by atoms with Gasteiger partial charge in [-0.1, -0.05) is 18.2 Å². The molecule has 3 rings (SSSR count). The van der Waals surface area contributed by atoms with Crippen molar-refractivity contribution in [2.75, 3.05) is 6.61 Å². The fourth-order valence-electron chi connectivity index (χ4n) is 2.59. The summed E-state index contributed by atoms with van der Waals surface area (Å²) in [6, 6.07) is 5.72. The summed E-state index contributed by atoms with van der Waals surface area (Å²) in [5.41, 5.74) is -0.0819. The molecule has 0 radical (unpaired) electrons. The third-order valence-corrected chi connectivity index (χ3v) is 4.63. The van der Waals surface area contributed by atoms with E-state index in [1.807, 2.05) is 45.9 Å². The summed E-state index contributed by atoms with van der Waals surface area (Å²) in [7, 11) is -0.469. The van der Waals surface area contributed by atoms with Crippen molar-refractivity contribution in [3.63, 3.8) is 0 Å². The van der Waals surface area contributed by atoms with Gasteiger partial charge in [0.1, 0.15) is 18.0 Å². The van der Waals surface area contributed by atoms with Crippen LogP contribution in [0.15, 0.2) is 18.2 Å². The van der Waals surface area contributed by atoms with Gasteiger partial charge in [0.2, 0.25) is 0 Å². The Labute approximate surface area is 120 Å². The van der Waals surface area contributed by atoms with Crippen LogP contribution in [0.3, 0.4) is 0 Å². The predicted molar refractivity (Wildman–Crippen MR) is 77.2 cm³/mol. The molecule has 4 nitrogen and oxygen atoms in total. The van der Waals surface area contributed by atoms with Gasteiger partial charge in [-0.2, -0.15) is 0 Å². The third kappa shape index (κ3) is 1.88. The molecule has 1 N–H and O–H groups in total. The SMILES string of the molecule is CC1(O)COc2c(B3OC(C)(C)C(C)(C)O3)cccc21. The Kier molecular flexibility index (Phi) is 2.78. The van der Waals surface area contributed by atoms with E-state index >= 15 is 0 Å². The first kappa shape index (κ1) is 13.9. The van der Waals surface area contributed by atoms with Crippen molar-refractivity contribution in [3.8, 4) is 5.75 Å². The topological polar surface area (TPSA) is 47.9 Å². The molecule has 1 fully saturated rings. The Morgan fingerprint density at radius 3 is 2.25 bits per heavy atom. The summed E-state index contributed by atoms with van der Waals surface area (Å²) in [6.07, 6.45) is 0. The second-order valence-corrected chi connectivity index (χ2v) is 6.87. The van der Waals surface area contributed by atoms with Crippen LogP contribution in [0.4, 0.5) is 0 Å². The quantitative estimate of drug-likeness (QED) is 0.791. The van der Waals surface area contributed by atoms with Gasteiger partial charge < -0.3 is 19.2 Å². The molecule has 5 heteroatoms. The number of hydrogen-bond donors (Lipinski definition) is 1. The van der Waals surface area contributed by atoms with Crippen molar-refractivity contribution in [1.82, 2.24) is 0 Å². The molecule has 2 aliphatic rings. The lowest BCUT2D eigenvalue weighted by molar-refractivity contribution is 0.00578. The second kappa shape index (κ2) is 4.00. The van der Waals surface area contributed by atoms with Gasteiger partial charge >= 0.3 is 7.12 Å². The maximum atomic E-state index is 10.3. The molecule has 0 aromatic heterocycles. The summed E-state index contributed by atoms with van der Waals surface area (Å²) >= 11 is 0. The Morgan fingerprint density at radius 2 is 1.65 bits per heavy atom. The van der Waals surface area contributed by atoms with Gasteiger partial charge in [-0.05, 0) is 34.6 Å². The van der Waals surface area contributed by atoms with Crippen LogP contribution < -0.4 is 10.2 Å². The van der Waals surface area contributed by atoms with Crippen molar-refractivity contribution in [1.29, 1.82) is 0 Å². The van der Waals surface area contributed by atoms with E-state index in [1.54, 1.807) is 6.92 Å². The normalized spacial score (nSPS) is 30.2. The summed E-state index contributed by atoms with van der Waals surface area (Å²) in [5.74, 6) is 0.691. The van der Waals surface area contributed by atoms with Gasteiger partial charge in [0.05, 0.1) is 11.2 Å². The van der Waals surface area contributed by atoms with Crippen LogP contribution in [0.25, 0.3) is 0 Å². The molecular weight excluding hydrogens is 255 g/mol. The van der Waals surface area contributed by atoms with Crippen LogP contribution in [0.5, 0.6) is 5.75 Å². The van der Waals surface area contributed by atoms with Crippen LogP contribution >= 0.6 is 0 Å². The summed E-state index contributed by atoms with van der Waals surface area (Å²) < 4.78 is 17.8. The zero-order valence-corrected chi connectivity index (χ0v) is 12.7. The van der Waals surface area contributed by atoms with Crippen LogP contribution in [-0.4, -0.2) is 30.0 Å². The number of benzene rings is 1. The smallest absolute Gasteiger partial charge is 0.490 e. The van der Waals surface area contributed by atoms with Crippen LogP contribution in [0.1, 0.15) is 40.2 Å². The minimum Gasteiger partial charge on any atom is -0.490 e. The molecule has 0 bridgehead atoms. The summed E-state index contributed by atoms with van der Waals surface area (Å²) in [5, 5.41) is 10.3. The highest BCUT2D eigenvalue weighted by Gasteiger charge is 2.53. The largest absolute Gasteiger partial charge is 0.498 e. The lowest BCUT2D eigenvalue weighted by Gasteiger charge is -2.32. The van der Waals surface area contributed by atoms with E-state index in [-0.39, 0.29) is 17.8 Å². The lowest BCUT2D eigenvalue weighted by Crippen LogP contribution is -2.41. The first-order valence-electron chi connectivity index (χ1n) is 6.98. The van der Waals surface area contributed by atoms with E-state index in [2.05, 4.69) is 0 Å².